The molecule has 0 aliphatic carbocycles. The number of aromatic nitrogens is 3. The Kier molecular flexibility index (Phi) is 6.30. The second kappa shape index (κ2) is 11.2. The molecule has 4 nitrogen and oxygen atoms in total. The van der Waals surface area contributed by atoms with Crippen LogP contribution in [0.25, 0.3) is 104 Å². The molecular formula is C47H29N3OS. The first kappa shape index (κ1) is 29.2. The van der Waals surface area contributed by atoms with Gasteiger partial charge in [0, 0.05) is 75.7 Å². The van der Waals surface area contributed by atoms with Gasteiger partial charge in [-0.05, 0) is 55.5 Å². The number of fused-ring (bicyclic) bond motifs is 10. The van der Waals surface area contributed by atoms with Crippen LogP contribution in [0, 0.1) is 6.92 Å². The minimum absolute atomic E-state index is 0.702. The normalized spacial score (nSPS) is 11.9. The van der Waals surface area contributed by atoms with Gasteiger partial charge in [-0.2, -0.15) is 0 Å². The Morgan fingerprint density at radius 3 is 1.94 bits per heavy atom. The van der Waals surface area contributed by atoms with Gasteiger partial charge in [-0.3, -0.25) is 0 Å². The summed E-state index contributed by atoms with van der Waals surface area (Å²) in [5.74, 6) is 0.702. The molecule has 0 aliphatic heterocycles. The number of furan rings is 1. The summed E-state index contributed by atoms with van der Waals surface area (Å²) in [4.78, 5) is 10.2. The van der Waals surface area contributed by atoms with Crippen molar-refractivity contribution in [1.82, 2.24) is 14.5 Å². The molecule has 7 aromatic carbocycles. The summed E-state index contributed by atoms with van der Waals surface area (Å²) in [6.07, 6.45) is 0. The fourth-order valence-electron chi connectivity index (χ4n) is 8.00. The van der Waals surface area contributed by atoms with Crippen LogP contribution in [0.15, 0.2) is 162 Å². The van der Waals surface area contributed by atoms with E-state index < -0.39 is 0 Å². The summed E-state index contributed by atoms with van der Waals surface area (Å²) in [5, 5.41) is 7.36. The molecule has 0 aliphatic rings. The molecule has 0 spiro atoms. The van der Waals surface area contributed by atoms with Gasteiger partial charge in [0.1, 0.15) is 11.2 Å². The molecule has 4 heterocycles. The van der Waals surface area contributed by atoms with Crippen molar-refractivity contribution >= 4 is 75.3 Å². The maximum atomic E-state index is 6.71. The molecule has 5 heteroatoms. The molecule has 11 rings (SSSR count). The third kappa shape index (κ3) is 4.33. The predicted octanol–water partition coefficient (Wildman–Crippen LogP) is 13.2. The number of rotatable bonds is 4. The number of hydrogen-bond acceptors (Lipinski definition) is 4. The lowest BCUT2D eigenvalue weighted by Gasteiger charge is -2.13. The van der Waals surface area contributed by atoms with E-state index in [9.17, 15) is 0 Å². The molecule has 0 bridgehead atoms. The molecule has 0 fully saturated rings. The first-order chi connectivity index (χ1) is 25.7. The van der Waals surface area contributed by atoms with Gasteiger partial charge in [0.15, 0.2) is 5.82 Å². The lowest BCUT2D eigenvalue weighted by atomic mass is 9.99. The van der Waals surface area contributed by atoms with Crippen LogP contribution < -0.4 is 0 Å². The van der Waals surface area contributed by atoms with Crippen LogP contribution in [0.3, 0.4) is 0 Å². The highest BCUT2D eigenvalue weighted by Gasteiger charge is 2.20. The van der Waals surface area contributed by atoms with Crippen molar-refractivity contribution in [2.75, 3.05) is 0 Å². The zero-order chi connectivity index (χ0) is 34.3. The summed E-state index contributed by atoms with van der Waals surface area (Å²) >= 11 is 1.86. The minimum atomic E-state index is 0.702. The van der Waals surface area contributed by atoms with Gasteiger partial charge in [0.05, 0.1) is 22.4 Å². The number of para-hydroxylation sites is 1. The van der Waals surface area contributed by atoms with Crippen molar-refractivity contribution in [3.8, 4) is 39.6 Å². The molecule has 0 saturated heterocycles. The Balaban J connectivity index is 1.09. The summed E-state index contributed by atoms with van der Waals surface area (Å²) < 4.78 is 11.7. The van der Waals surface area contributed by atoms with Crippen molar-refractivity contribution in [3.63, 3.8) is 0 Å². The Morgan fingerprint density at radius 1 is 0.481 bits per heavy atom. The quantitative estimate of drug-likeness (QED) is 0.185. The molecule has 52 heavy (non-hydrogen) atoms. The number of hydrogen-bond donors (Lipinski definition) is 0. The van der Waals surface area contributed by atoms with Crippen molar-refractivity contribution in [3.05, 3.63) is 163 Å². The van der Waals surface area contributed by atoms with Gasteiger partial charge >= 0.3 is 0 Å². The maximum Gasteiger partial charge on any atom is 0.160 e. The zero-order valence-electron chi connectivity index (χ0n) is 28.2. The fourth-order valence-corrected chi connectivity index (χ4v) is 9.11. The van der Waals surface area contributed by atoms with Crippen molar-refractivity contribution in [1.29, 1.82) is 0 Å². The van der Waals surface area contributed by atoms with Gasteiger partial charge in [-0.25, -0.2) is 9.97 Å². The van der Waals surface area contributed by atoms with E-state index in [0.29, 0.717) is 5.82 Å². The van der Waals surface area contributed by atoms with Crippen LogP contribution in [-0.4, -0.2) is 14.5 Å². The highest BCUT2D eigenvalue weighted by molar-refractivity contribution is 7.26. The van der Waals surface area contributed by atoms with E-state index in [1.54, 1.807) is 0 Å². The van der Waals surface area contributed by atoms with E-state index in [-0.39, 0.29) is 0 Å². The Hall–Kier alpha value is -6.56. The van der Waals surface area contributed by atoms with Crippen molar-refractivity contribution < 1.29 is 4.42 Å². The van der Waals surface area contributed by atoms with Crippen molar-refractivity contribution in [2.24, 2.45) is 0 Å². The second-order valence-corrected chi connectivity index (χ2v) is 14.5. The molecule has 4 aromatic heterocycles. The minimum Gasteiger partial charge on any atom is -0.456 e. The molecule has 0 N–H and O–H groups in total. The molecular weight excluding hydrogens is 655 g/mol. The molecule has 0 amide bonds. The number of benzene rings is 7. The standard InChI is InChI=1S/C47H29N3OS/c1-28-45(29-12-4-2-5-13-29)48-47(30-14-6-3-7-15-30)49-46(28)31-20-22-33-34-23-21-32(27-40(34)51-39(33)26-31)50-37-18-10-8-16-35(37)43-38(50)24-25-42-44(43)36-17-9-11-19-41(36)52-42/h2-27H,1H3. The molecule has 0 radical (unpaired) electrons. The highest BCUT2D eigenvalue weighted by atomic mass is 32.1. The number of nitrogens with zero attached hydrogens (tertiary/aromatic N) is 3. The molecule has 0 saturated carbocycles. The van der Waals surface area contributed by atoms with E-state index in [1.807, 2.05) is 35.6 Å². The lowest BCUT2D eigenvalue weighted by Crippen LogP contribution is -2.00. The monoisotopic (exact) mass is 683 g/mol. The smallest absolute Gasteiger partial charge is 0.160 e. The largest absolute Gasteiger partial charge is 0.456 e. The third-order valence-electron chi connectivity index (χ3n) is 10.4. The lowest BCUT2D eigenvalue weighted by molar-refractivity contribution is 0.669. The van der Waals surface area contributed by atoms with Crippen LogP contribution in [-0.2, 0) is 0 Å². The van der Waals surface area contributed by atoms with Crippen LogP contribution in [0.4, 0.5) is 0 Å². The van der Waals surface area contributed by atoms with Gasteiger partial charge in [-0.15, -0.1) is 11.3 Å². The summed E-state index contributed by atoms with van der Waals surface area (Å²) in [6.45, 7) is 2.11. The molecule has 0 unspecified atom stereocenters. The van der Waals surface area contributed by atoms with Crippen LogP contribution >= 0.6 is 11.3 Å². The maximum absolute atomic E-state index is 6.71. The SMILES string of the molecule is Cc1c(-c2ccccc2)nc(-c2ccccc2)nc1-c1ccc2c(c1)oc1cc(-n3c4ccccc4c4c5c(ccc43)sc3ccccc35)ccc12. The summed E-state index contributed by atoms with van der Waals surface area (Å²) in [7, 11) is 0. The van der Waals surface area contributed by atoms with E-state index in [1.165, 1.54) is 42.0 Å². The first-order valence-electron chi connectivity index (χ1n) is 17.5. The fraction of sp³-hybridized carbons (Fsp3) is 0.0213. The molecule has 11 aromatic rings. The second-order valence-electron chi connectivity index (χ2n) is 13.4. The van der Waals surface area contributed by atoms with Crippen LogP contribution in [0.2, 0.25) is 0 Å². The number of thiophene rings is 1. The van der Waals surface area contributed by atoms with Gasteiger partial charge in [0.2, 0.25) is 0 Å². The Labute approximate surface area is 302 Å². The molecule has 244 valence electrons. The van der Waals surface area contributed by atoms with E-state index in [2.05, 4.69) is 145 Å². The average Bonchev–Trinajstić information content (AvgIpc) is 3.87. The Bertz CT molecular complexity index is 3190. The van der Waals surface area contributed by atoms with Gasteiger partial charge in [0.25, 0.3) is 0 Å². The van der Waals surface area contributed by atoms with Gasteiger partial charge in [-0.1, -0.05) is 103 Å². The first-order valence-corrected chi connectivity index (χ1v) is 18.3. The van der Waals surface area contributed by atoms with Crippen LogP contribution in [0.5, 0.6) is 0 Å². The summed E-state index contributed by atoms with van der Waals surface area (Å²) in [5.41, 5.74) is 11.0. The van der Waals surface area contributed by atoms with E-state index >= 15 is 0 Å². The zero-order valence-corrected chi connectivity index (χ0v) is 29.0. The van der Waals surface area contributed by atoms with Crippen molar-refractivity contribution in [2.45, 2.75) is 6.92 Å². The third-order valence-corrected chi connectivity index (χ3v) is 11.5. The van der Waals surface area contributed by atoms with E-state index in [4.69, 9.17) is 14.4 Å². The topological polar surface area (TPSA) is 43.9 Å². The van der Waals surface area contributed by atoms with E-state index in [0.717, 1.165) is 61.3 Å². The Morgan fingerprint density at radius 2 is 1.13 bits per heavy atom. The molecule has 0 atom stereocenters. The summed E-state index contributed by atoms with van der Waals surface area (Å²) in [6, 6.07) is 55.7. The highest BCUT2D eigenvalue weighted by Crippen LogP contribution is 2.44. The van der Waals surface area contributed by atoms with Gasteiger partial charge < -0.3 is 8.98 Å². The predicted molar refractivity (Wildman–Crippen MR) is 218 cm³/mol. The average molecular weight is 684 g/mol. The van der Waals surface area contributed by atoms with Crippen LogP contribution in [0.1, 0.15) is 5.56 Å².